The zero-order valence-corrected chi connectivity index (χ0v) is 17.0. The highest BCUT2D eigenvalue weighted by atomic mass is 35.5. The van der Waals surface area contributed by atoms with Crippen LogP contribution in [0.4, 0.5) is 0 Å². The van der Waals surface area contributed by atoms with Crippen molar-refractivity contribution in [3.05, 3.63) is 53.1 Å². The molecule has 0 saturated carbocycles. The first-order chi connectivity index (χ1) is 14.0. The number of ether oxygens (including phenoxy) is 2. The number of hydrogen-bond acceptors (Lipinski definition) is 7. The number of nitrogens with one attached hydrogen (secondary N) is 1. The second-order valence-electron chi connectivity index (χ2n) is 6.35. The Morgan fingerprint density at radius 3 is 2.79 bits per heavy atom. The summed E-state index contributed by atoms with van der Waals surface area (Å²) in [4.78, 5) is 12.5. The predicted octanol–water partition coefficient (Wildman–Crippen LogP) is 2.84. The Balaban J connectivity index is 1.37. The number of nitrogen functional groups attached to an aromatic ring is 1. The standard InChI is InChI=1S/C19H18ClN5O3S/c1-11(18(26)22-9-12-2-7-15-16(8-12)28-10-27-15)29-19-24-23-17(25(19)21)13-3-5-14(20)6-4-13/h2-8,11H,9-10,21H2,1H3,(H,22,26)/t11-/m1/s1. The second-order valence-corrected chi connectivity index (χ2v) is 8.09. The Bertz CT molecular complexity index is 1040. The van der Waals surface area contributed by atoms with Crippen LogP contribution in [0.3, 0.4) is 0 Å². The number of amides is 1. The van der Waals surface area contributed by atoms with E-state index in [4.69, 9.17) is 26.9 Å². The van der Waals surface area contributed by atoms with Gasteiger partial charge in [0.1, 0.15) is 0 Å². The summed E-state index contributed by atoms with van der Waals surface area (Å²) >= 11 is 7.15. The Hall–Kier alpha value is -2.91. The van der Waals surface area contributed by atoms with Gasteiger partial charge < -0.3 is 20.6 Å². The minimum absolute atomic E-state index is 0.135. The molecule has 1 aliphatic rings. The first-order valence-corrected chi connectivity index (χ1v) is 10.1. The molecule has 0 saturated heterocycles. The van der Waals surface area contributed by atoms with Crippen LogP contribution >= 0.6 is 23.4 Å². The van der Waals surface area contributed by atoms with E-state index in [9.17, 15) is 4.79 Å². The van der Waals surface area contributed by atoms with Gasteiger partial charge in [-0.2, -0.15) is 0 Å². The summed E-state index contributed by atoms with van der Waals surface area (Å²) in [5.41, 5.74) is 1.71. The summed E-state index contributed by atoms with van der Waals surface area (Å²) in [6, 6.07) is 12.7. The first kappa shape index (κ1) is 19.4. The molecule has 150 valence electrons. The highest BCUT2D eigenvalue weighted by molar-refractivity contribution is 8.00. The van der Waals surface area contributed by atoms with Crippen molar-refractivity contribution >= 4 is 29.3 Å². The maximum absolute atomic E-state index is 12.5. The number of nitrogens with zero attached hydrogens (tertiary/aromatic N) is 3. The molecule has 29 heavy (non-hydrogen) atoms. The van der Waals surface area contributed by atoms with Gasteiger partial charge in [-0.25, -0.2) is 4.68 Å². The van der Waals surface area contributed by atoms with Gasteiger partial charge >= 0.3 is 0 Å². The van der Waals surface area contributed by atoms with E-state index in [1.807, 2.05) is 30.3 Å². The molecular formula is C19H18ClN5O3S. The summed E-state index contributed by atoms with van der Waals surface area (Å²) < 4.78 is 12.0. The third-order valence-corrected chi connectivity index (χ3v) is 5.63. The number of halogens is 1. The number of aromatic nitrogens is 3. The van der Waals surface area contributed by atoms with Crippen LogP contribution in [-0.4, -0.2) is 32.8 Å². The molecule has 4 rings (SSSR count). The van der Waals surface area contributed by atoms with Gasteiger partial charge in [0.2, 0.25) is 17.9 Å². The number of carbonyl (C=O) groups excluding carboxylic acids is 1. The van der Waals surface area contributed by atoms with Crippen molar-refractivity contribution in [3.8, 4) is 22.9 Å². The van der Waals surface area contributed by atoms with Crippen molar-refractivity contribution in [2.75, 3.05) is 12.6 Å². The molecule has 1 aliphatic heterocycles. The Morgan fingerprint density at radius 2 is 2.00 bits per heavy atom. The molecule has 0 spiro atoms. The van der Waals surface area contributed by atoms with Crippen LogP contribution in [0.1, 0.15) is 12.5 Å². The van der Waals surface area contributed by atoms with E-state index in [0.29, 0.717) is 34.0 Å². The van der Waals surface area contributed by atoms with Gasteiger partial charge in [-0.15, -0.1) is 10.2 Å². The Morgan fingerprint density at radius 1 is 1.24 bits per heavy atom. The number of rotatable bonds is 6. The minimum Gasteiger partial charge on any atom is -0.454 e. The van der Waals surface area contributed by atoms with Gasteiger partial charge in [0, 0.05) is 17.1 Å². The summed E-state index contributed by atoms with van der Waals surface area (Å²) in [5, 5.41) is 11.8. The van der Waals surface area contributed by atoms with Crippen molar-refractivity contribution in [1.82, 2.24) is 20.2 Å². The van der Waals surface area contributed by atoms with E-state index in [1.165, 1.54) is 16.4 Å². The summed E-state index contributed by atoms with van der Waals surface area (Å²) in [7, 11) is 0. The van der Waals surface area contributed by atoms with Crippen molar-refractivity contribution in [3.63, 3.8) is 0 Å². The molecule has 1 atom stereocenters. The average molecular weight is 432 g/mol. The fraction of sp³-hybridized carbons (Fsp3) is 0.211. The molecule has 2 heterocycles. The maximum Gasteiger partial charge on any atom is 0.233 e. The second kappa shape index (κ2) is 8.22. The summed E-state index contributed by atoms with van der Waals surface area (Å²) in [6.07, 6.45) is 0. The molecule has 0 aliphatic carbocycles. The van der Waals surface area contributed by atoms with Gasteiger partial charge in [-0.05, 0) is 48.9 Å². The number of fused-ring (bicyclic) bond motifs is 1. The molecule has 8 nitrogen and oxygen atoms in total. The fourth-order valence-electron chi connectivity index (χ4n) is 2.75. The van der Waals surface area contributed by atoms with Crippen molar-refractivity contribution in [2.45, 2.75) is 23.9 Å². The third-order valence-electron chi connectivity index (χ3n) is 4.32. The molecular weight excluding hydrogens is 414 g/mol. The monoisotopic (exact) mass is 431 g/mol. The van der Waals surface area contributed by atoms with Crippen LogP contribution in [0.5, 0.6) is 11.5 Å². The Labute approximate surface area is 176 Å². The van der Waals surface area contributed by atoms with Crippen LogP contribution in [0.25, 0.3) is 11.4 Å². The average Bonchev–Trinajstić information content (AvgIpc) is 3.33. The van der Waals surface area contributed by atoms with Gasteiger partial charge in [0.25, 0.3) is 0 Å². The topological polar surface area (TPSA) is 104 Å². The lowest BCUT2D eigenvalue weighted by Crippen LogP contribution is -2.30. The summed E-state index contributed by atoms with van der Waals surface area (Å²) in [5.74, 6) is 7.88. The van der Waals surface area contributed by atoms with Crippen LogP contribution in [0.2, 0.25) is 5.02 Å². The molecule has 10 heteroatoms. The van der Waals surface area contributed by atoms with E-state index >= 15 is 0 Å². The van der Waals surface area contributed by atoms with Crippen LogP contribution < -0.4 is 20.6 Å². The molecule has 0 unspecified atom stereocenters. The smallest absolute Gasteiger partial charge is 0.233 e. The SMILES string of the molecule is C[C@@H](Sc1nnc(-c2ccc(Cl)cc2)n1N)C(=O)NCc1ccc2c(c1)OCO2. The summed E-state index contributed by atoms with van der Waals surface area (Å²) in [6.45, 7) is 2.39. The molecule has 2 aromatic carbocycles. The quantitative estimate of drug-likeness (QED) is 0.456. The van der Waals surface area contributed by atoms with Gasteiger partial charge in [-0.3, -0.25) is 4.79 Å². The van der Waals surface area contributed by atoms with E-state index in [1.54, 1.807) is 19.1 Å². The molecule has 0 bridgehead atoms. The van der Waals surface area contributed by atoms with Crippen molar-refractivity contribution < 1.29 is 14.3 Å². The molecule has 1 aromatic heterocycles. The molecule has 3 aromatic rings. The Kier molecular flexibility index (Phi) is 5.50. The number of benzene rings is 2. The van der Waals surface area contributed by atoms with Crippen LogP contribution in [0.15, 0.2) is 47.6 Å². The van der Waals surface area contributed by atoms with Gasteiger partial charge in [0.15, 0.2) is 17.3 Å². The van der Waals surface area contributed by atoms with E-state index < -0.39 is 5.25 Å². The lowest BCUT2D eigenvalue weighted by Gasteiger charge is -2.12. The van der Waals surface area contributed by atoms with E-state index in [2.05, 4.69) is 15.5 Å². The lowest BCUT2D eigenvalue weighted by molar-refractivity contribution is -0.120. The van der Waals surface area contributed by atoms with E-state index in [0.717, 1.165) is 11.1 Å². The first-order valence-electron chi connectivity index (χ1n) is 8.80. The molecule has 3 N–H and O–H groups in total. The lowest BCUT2D eigenvalue weighted by atomic mass is 10.2. The zero-order valence-electron chi connectivity index (χ0n) is 15.5. The van der Waals surface area contributed by atoms with Gasteiger partial charge in [0.05, 0.1) is 5.25 Å². The highest BCUT2D eigenvalue weighted by Crippen LogP contribution is 2.32. The molecule has 1 amide bonds. The largest absolute Gasteiger partial charge is 0.454 e. The number of carbonyl (C=O) groups is 1. The zero-order chi connectivity index (χ0) is 20.4. The number of nitrogens with two attached hydrogens (primary N) is 1. The highest BCUT2D eigenvalue weighted by Gasteiger charge is 2.20. The van der Waals surface area contributed by atoms with Crippen molar-refractivity contribution in [1.29, 1.82) is 0 Å². The third kappa shape index (κ3) is 4.25. The normalized spacial score (nSPS) is 13.3. The van der Waals surface area contributed by atoms with E-state index in [-0.39, 0.29) is 12.7 Å². The van der Waals surface area contributed by atoms with Gasteiger partial charge in [-0.1, -0.05) is 29.4 Å². The minimum atomic E-state index is -0.409. The van der Waals surface area contributed by atoms with Crippen LogP contribution in [0, 0.1) is 0 Å². The molecule has 0 fully saturated rings. The molecule has 0 radical (unpaired) electrons. The van der Waals surface area contributed by atoms with Crippen molar-refractivity contribution in [2.24, 2.45) is 0 Å². The number of hydrogen-bond donors (Lipinski definition) is 2. The fourth-order valence-corrected chi connectivity index (χ4v) is 3.67. The maximum atomic E-state index is 12.5. The predicted molar refractivity (Wildman–Crippen MR) is 110 cm³/mol. The van der Waals surface area contributed by atoms with Crippen LogP contribution in [-0.2, 0) is 11.3 Å². The number of thioether (sulfide) groups is 1.